The van der Waals surface area contributed by atoms with Crippen LogP contribution in [0.1, 0.15) is 24.5 Å². The molecule has 1 aromatic carbocycles. The summed E-state index contributed by atoms with van der Waals surface area (Å²) in [6, 6.07) is 6.48. The topological polar surface area (TPSA) is 18.5 Å². The summed E-state index contributed by atoms with van der Waals surface area (Å²) in [5.74, 6) is -0.333. The van der Waals surface area contributed by atoms with E-state index in [0.717, 1.165) is 30.3 Å². The van der Waals surface area contributed by atoms with E-state index in [4.69, 9.17) is 9.47 Å². The minimum absolute atomic E-state index is 0.233. The molecule has 1 saturated heterocycles. The average Bonchev–Trinajstić information content (AvgIpc) is 2.61. The zero-order valence-corrected chi connectivity index (χ0v) is 10.9. The normalized spacial score (nSPS) is 33.0. The third-order valence-electron chi connectivity index (χ3n) is 3.40. The van der Waals surface area contributed by atoms with Crippen LogP contribution in [0.25, 0.3) is 0 Å². The Labute approximate surface area is 104 Å². The van der Waals surface area contributed by atoms with E-state index in [-0.39, 0.29) is 11.9 Å². The summed E-state index contributed by atoms with van der Waals surface area (Å²) >= 11 is 3.51. The molecule has 1 fully saturated rings. The standard InChI is InChI=1S/C13H15BrO2/c1-9-8-15-13(16-9)5-4-10-6-12(14)3-2-11(10)7-13/h2-3,6,9H,4-5,7-8H2,1H3. The molecule has 2 unspecified atom stereocenters. The molecule has 1 aliphatic carbocycles. The Balaban J connectivity index is 1.89. The van der Waals surface area contributed by atoms with E-state index in [1.165, 1.54) is 11.1 Å². The van der Waals surface area contributed by atoms with E-state index in [9.17, 15) is 0 Å². The van der Waals surface area contributed by atoms with E-state index in [1.807, 2.05) is 0 Å². The Morgan fingerprint density at radius 3 is 3.00 bits per heavy atom. The van der Waals surface area contributed by atoms with E-state index in [0.29, 0.717) is 0 Å². The predicted octanol–water partition coefficient (Wildman–Crippen LogP) is 3.07. The van der Waals surface area contributed by atoms with Gasteiger partial charge in [-0.05, 0) is 36.6 Å². The van der Waals surface area contributed by atoms with Crippen LogP contribution in [-0.2, 0) is 22.3 Å². The third kappa shape index (κ3) is 1.81. The number of hydrogen-bond donors (Lipinski definition) is 0. The van der Waals surface area contributed by atoms with Gasteiger partial charge in [-0.2, -0.15) is 0 Å². The van der Waals surface area contributed by atoms with E-state index in [1.54, 1.807) is 0 Å². The van der Waals surface area contributed by atoms with Crippen LogP contribution in [0.2, 0.25) is 0 Å². The summed E-state index contributed by atoms with van der Waals surface area (Å²) in [4.78, 5) is 0. The van der Waals surface area contributed by atoms with Crippen molar-refractivity contribution in [3.05, 3.63) is 33.8 Å². The van der Waals surface area contributed by atoms with Crippen LogP contribution in [0.15, 0.2) is 22.7 Å². The average molecular weight is 283 g/mol. The van der Waals surface area contributed by atoms with Gasteiger partial charge in [0.25, 0.3) is 0 Å². The Morgan fingerprint density at radius 2 is 2.25 bits per heavy atom. The van der Waals surface area contributed by atoms with Crippen LogP contribution in [0.4, 0.5) is 0 Å². The van der Waals surface area contributed by atoms with Crippen molar-refractivity contribution in [2.45, 2.75) is 38.1 Å². The fourth-order valence-corrected chi connectivity index (χ4v) is 3.04. The lowest BCUT2D eigenvalue weighted by Gasteiger charge is -2.33. The van der Waals surface area contributed by atoms with Crippen molar-refractivity contribution >= 4 is 15.9 Å². The molecule has 0 saturated carbocycles. The minimum Gasteiger partial charge on any atom is -0.347 e. The number of halogens is 1. The number of rotatable bonds is 0. The van der Waals surface area contributed by atoms with Gasteiger partial charge in [-0.3, -0.25) is 0 Å². The van der Waals surface area contributed by atoms with Gasteiger partial charge in [0.1, 0.15) is 0 Å². The molecular formula is C13H15BrO2. The smallest absolute Gasteiger partial charge is 0.173 e. The molecule has 0 aromatic heterocycles. The van der Waals surface area contributed by atoms with Gasteiger partial charge in [-0.1, -0.05) is 22.0 Å². The summed E-state index contributed by atoms with van der Waals surface area (Å²) in [6.07, 6.45) is 3.14. The van der Waals surface area contributed by atoms with Crippen LogP contribution >= 0.6 is 15.9 Å². The van der Waals surface area contributed by atoms with Gasteiger partial charge in [0.2, 0.25) is 0 Å². The molecule has 2 aliphatic rings. The van der Waals surface area contributed by atoms with Gasteiger partial charge in [-0.25, -0.2) is 0 Å². The highest BCUT2D eigenvalue weighted by Crippen LogP contribution is 2.37. The molecule has 1 aromatic rings. The lowest BCUT2D eigenvalue weighted by molar-refractivity contribution is -0.173. The summed E-state index contributed by atoms with van der Waals surface area (Å²) in [6.45, 7) is 2.80. The summed E-state index contributed by atoms with van der Waals surface area (Å²) < 4.78 is 12.9. The number of ether oxygens (including phenoxy) is 2. The van der Waals surface area contributed by atoms with E-state index < -0.39 is 0 Å². The third-order valence-corrected chi connectivity index (χ3v) is 3.89. The Bertz CT molecular complexity index is 418. The highest BCUT2D eigenvalue weighted by atomic mass is 79.9. The second-order valence-electron chi connectivity index (χ2n) is 4.74. The maximum Gasteiger partial charge on any atom is 0.173 e. The second-order valence-corrected chi connectivity index (χ2v) is 5.66. The van der Waals surface area contributed by atoms with Crippen LogP contribution in [0.3, 0.4) is 0 Å². The molecule has 0 bridgehead atoms. The zero-order chi connectivity index (χ0) is 11.2. The van der Waals surface area contributed by atoms with Gasteiger partial charge in [-0.15, -0.1) is 0 Å². The monoisotopic (exact) mass is 282 g/mol. The fraction of sp³-hybridized carbons (Fsp3) is 0.538. The molecule has 1 heterocycles. The molecule has 86 valence electrons. The molecule has 2 nitrogen and oxygen atoms in total. The number of hydrogen-bond acceptors (Lipinski definition) is 2. The van der Waals surface area contributed by atoms with Crippen molar-refractivity contribution in [3.63, 3.8) is 0 Å². The molecule has 2 atom stereocenters. The first-order valence-corrected chi connectivity index (χ1v) is 6.55. The van der Waals surface area contributed by atoms with E-state index >= 15 is 0 Å². The van der Waals surface area contributed by atoms with Crippen LogP contribution in [0, 0.1) is 0 Å². The quantitative estimate of drug-likeness (QED) is 0.728. The molecule has 3 heteroatoms. The molecule has 1 aliphatic heterocycles. The molecule has 0 radical (unpaired) electrons. The maximum atomic E-state index is 5.94. The molecule has 0 amide bonds. The summed E-state index contributed by atoms with van der Waals surface area (Å²) in [7, 11) is 0. The molecule has 1 spiro atoms. The lowest BCUT2D eigenvalue weighted by Crippen LogP contribution is -2.37. The predicted molar refractivity (Wildman–Crippen MR) is 65.4 cm³/mol. The number of aryl methyl sites for hydroxylation is 1. The van der Waals surface area contributed by atoms with Crippen LogP contribution in [0.5, 0.6) is 0 Å². The Hall–Kier alpha value is -0.380. The Kier molecular flexibility index (Phi) is 2.57. The highest BCUT2D eigenvalue weighted by Gasteiger charge is 2.42. The molecular weight excluding hydrogens is 268 g/mol. The van der Waals surface area contributed by atoms with Gasteiger partial charge in [0, 0.05) is 17.3 Å². The zero-order valence-electron chi connectivity index (χ0n) is 9.33. The van der Waals surface area contributed by atoms with Gasteiger partial charge >= 0.3 is 0 Å². The Morgan fingerprint density at radius 1 is 1.38 bits per heavy atom. The first kappa shape index (κ1) is 10.8. The SMILES string of the molecule is CC1COC2(CCc3cc(Br)ccc3C2)O1. The summed E-state index contributed by atoms with van der Waals surface area (Å²) in [5, 5.41) is 0. The maximum absolute atomic E-state index is 5.94. The minimum atomic E-state index is -0.333. The summed E-state index contributed by atoms with van der Waals surface area (Å²) in [5.41, 5.74) is 2.79. The van der Waals surface area contributed by atoms with Gasteiger partial charge < -0.3 is 9.47 Å². The van der Waals surface area contributed by atoms with Crippen molar-refractivity contribution in [1.29, 1.82) is 0 Å². The lowest BCUT2D eigenvalue weighted by atomic mass is 9.87. The van der Waals surface area contributed by atoms with Gasteiger partial charge in [0.15, 0.2) is 5.79 Å². The first-order chi connectivity index (χ1) is 7.67. The number of benzene rings is 1. The van der Waals surface area contributed by atoms with Crippen LogP contribution in [-0.4, -0.2) is 18.5 Å². The molecule has 0 N–H and O–H groups in total. The van der Waals surface area contributed by atoms with Crippen LogP contribution < -0.4 is 0 Å². The largest absolute Gasteiger partial charge is 0.347 e. The second kappa shape index (κ2) is 3.83. The number of fused-ring (bicyclic) bond motifs is 1. The van der Waals surface area contributed by atoms with Crippen molar-refractivity contribution in [1.82, 2.24) is 0 Å². The van der Waals surface area contributed by atoms with Crippen molar-refractivity contribution in [2.24, 2.45) is 0 Å². The molecule has 16 heavy (non-hydrogen) atoms. The van der Waals surface area contributed by atoms with Crippen molar-refractivity contribution < 1.29 is 9.47 Å². The van der Waals surface area contributed by atoms with Gasteiger partial charge in [0.05, 0.1) is 12.7 Å². The van der Waals surface area contributed by atoms with Crippen molar-refractivity contribution in [2.75, 3.05) is 6.61 Å². The highest BCUT2D eigenvalue weighted by molar-refractivity contribution is 9.10. The fourth-order valence-electron chi connectivity index (χ4n) is 2.63. The molecule has 3 rings (SSSR count). The van der Waals surface area contributed by atoms with Crippen molar-refractivity contribution in [3.8, 4) is 0 Å². The van der Waals surface area contributed by atoms with E-state index in [2.05, 4.69) is 41.1 Å². The first-order valence-electron chi connectivity index (χ1n) is 5.76.